The van der Waals surface area contributed by atoms with Crippen molar-refractivity contribution in [2.24, 2.45) is 0 Å². The Hall–Kier alpha value is -4.27. The van der Waals surface area contributed by atoms with Crippen LogP contribution < -0.4 is 21.3 Å². The van der Waals surface area contributed by atoms with Crippen LogP contribution in [0.4, 0.5) is 5.69 Å². The molecule has 9 nitrogen and oxygen atoms in total. The lowest BCUT2D eigenvalue weighted by atomic mass is 10.2. The van der Waals surface area contributed by atoms with Gasteiger partial charge in [-0.05, 0) is 36.2 Å². The lowest BCUT2D eigenvalue weighted by Crippen LogP contribution is -2.42. The summed E-state index contributed by atoms with van der Waals surface area (Å²) in [5.74, 6) is 0.189. The van der Waals surface area contributed by atoms with Gasteiger partial charge in [-0.25, -0.2) is 14.8 Å². The maximum absolute atomic E-state index is 13.3. The molecule has 2 aromatic heterocycles. The number of aromatic nitrogens is 4. The highest BCUT2D eigenvalue weighted by atomic mass is 16.5. The van der Waals surface area contributed by atoms with Crippen molar-refractivity contribution < 1.29 is 9.53 Å². The number of hydrogen-bond donors (Lipinski definition) is 1. The highest BCUT2D eigenvalue weighted by Gasteiger charge is 2.18. The Labute approximate surface area is 182 Å². The summed E-state index contributed by atoms with van der Waals surface area (Å²) in [6.45, 7) is 1.55. The smallest absolute Gasteiger partial charge is 0.333 e. The number of para-hydroxylation sites is 1. The summed E-state index contributed by atoms with van der Waals surface area (Å²) in [6, 6.07) is 14.4. The van der Waals surface area contributed by atoms with Crippen LogP contribution in [0.3, 0.4) is 0 Å². The number of ether oxygens (including phenoxy) is 1. The van der Waals surface area contributed by atoms with Crippen molar-refractivity contribution in [2.75, 3.05) is 12.4 Å². The molecule has 0 atom stereocenters. The number of nitrogens with one attached hydrogen (secondary N) is 1. The van der Waals surface area contributed by atoms with Crippen molar-refractivity contribution in [3.8, 4) is 5.75 Å². The molecule has 0 spiro atoms. The summed E-state index contributed by atoms with van der Waals surface area (Å²) in [5.41, 5.74) is 1.08. The van der Waals surface area contributed by atoms with E-state index in [1.807, 2.05) is 25.1 Å². The molecule has 0 saturated heterocycles. The van der Waals surface area contributed by atoms with E-state index in [0.29, 0.717) is 17.0 Å². The van der Waals surface area contributed by atoms with Crippen molar-refractivity contribution in [1.82, 2.24) is 19.1 Å². The van der Waals surface area contributed by atoms with Crippen molar-refractivity contribution >= 4 is 22.8 Å². The Balaban J connectivity index is 1.76. The number of carbonyl (C=O) groups is 1. The molecule has 0 aliphatic carbocycles. The number of nitrogens with zero attached hydrogens (tertiary/aromatic N) is 4. The molecule has 0 bridgehead atoms. The standard InChI is InChI=1S/C23H21N5O4/c1-15-6-3-4-9-18(15)26-19(29)14-27-21-20(24-10-11-25-21)22(30)28(23(27)31)13-16-7-5-8-17(12-16)32-2/h3-12H,13-14H2,1-2H3,(H,26,29). The van der Waals surface area contributed by atoms with Gasteiger partial charge in [0.15, 0.2) is 11.2 Å². The highest BCUT2D eigenvalue weighted by molar-refractivity contribution is 5.91. The summed E-state index contributed by atoms with van der Waals surface area (Å²) in [7, 11) is 1.54. The van der Waals surface area contributed by atoms with Gasteiger partial charge < -0.3 is 10.1 Å². The second-order valence-electron chi connectivity index (χ2n) is 7.20. The molecule has 2 aromatic carbocycles. The highest BCUT2D eigenvalue weighted by Crippen LogP contribution is 2.14. The molecular weight excluding hydrogens is 410 g/mol. The van der Waals surface area contributed by atoms with Gasteiger partial charge >= 0.3 is 5.69 Å². The molecular formula is C23H21N5O4. The fraction of sp³-hybridized carbons (Fsp3) is 0.174. The molecule has 4 rings (SSSR count). The quantitative estimate of drug-likeness (QED) is 0.500. The van der Waals surface area contributed by atoms with E-state index in [1.165, 1.54) is 19.5 Å². The second-order valence-corrected chi connectivity index (χ2v) is 7.20. The van der Waals surface area contributed by atoms with Gasteiger partial charge in [0.2, 0.25) is 5.91 Å². The van der Waals surface area contributed by atoms with Gasteiger partial charge in [0, 0.05) is 18.1 Å². The normalized spacial score (nSPS) is 10.8. The number of rotatable bonds is 6. The molecule has 9 heteroatoms. The first kappa shape index (κ1) is 21.0. The number of benzene rings is 2. The third kappa shape index (κ3) is 4.13. The molecule has 0 aliphatic rings. The van der Waals surface area contributed by atoms with Crippen LogP contribution in [0.2, 0.25) is 0 Å². The first-order valence-corrected chi connectivity index (χ1v) is 9.90. The SMILES string of the molecule is COc1cccc(Cn2c(=O)c3nccnc3n(CC(=O)Nc3ccccc3C)c2=O)c1. The summed E-state index contributed by atoms with van der Waals surface area (Å²) >= 11 is 0. The van der Waals surface area contributed by atoms with Crippen LogP contribution in [-0.2, 0) is 17.9 Å². The van der Waals surface area contributed by atoms with Crippen LogP contribution in [0.1, 0.15) is 11.1 Å². The zero-order valence-electron chi connectivity index (χ0n) is 17.6. The fourth-order valence-electron chi connectivity index (χ4n) is 3.41. The minimum atomic E-state index is -0.647. The van der Waals surface area contributed by atoms with Crippen LogP contribution in [0, 0.1) is 6.92 Å². The van der Waals surface area contributed by atoms with Gasteiger partial charge in [0.25, 0.3) is 5.56 Å². The Morgan fingerprint density at radius 1 is 1.03 bits per heavy atom. The minimum Gasteiger partial charge on any atom is -0.497 e. The van der Waals surface area contributed by atoms with Crippen LogP contribution >= 0.6 is 0 Å². The molecule has 162 valence electrons. The molecule has 1 amide bonds. The average molecular weight is 431 g/mol. The molecule has 32 heavy (non-hydrogen) atoms. The monoisotopic (exact) mass is 431 g/mol. The van der Waals surface area contributed by atoms with Crippen LogP contribution in [-0.4, -0.2) is 32.1 Å². The van der Waals surface area contributed by atoms with Crippen molar-refractivity contribution in [3.05, 3.63) is 92.9 Å². The number of hydrogen-bond acceptors (Lipinski definition) is 6. The van der Waals surface area contributed by atoms with Crippen LogP contribution in [0.15, 0.2) is 70.5 Å². The molecule has 1 N–H and O–H groups in total. The maximum Gasteiger partial charge on any atom is 0.333 e. The van der Waals surface area contributed by atoms with Gasteiger partial charge in [-0.1, -0.05) is 30.3 Å². The maximum atomic E-state index is 13.3. The van der Waals surface area contributed by atoms with Crippen molar-refractivity contribution in [2.45, 2.75) is 20.0 Å². The number of carbonyl (C=O) groups excluding carboxylic acids is 1. The van der Waals surface area contributed by atoms with E-state index in [2.05, 4.69) is 15.3 Å². The zero-order valence-corrected chi connectivity index (χ0v) is 17.6. The lowest BCUT2D eigenvalue weighted by molar-refractivity contribution is -0.116. The van der Waals surface area contributed by atoms with E-state index in [1.54, 1.807) is 30.3 Å². The van der Waals surface area contributed by atoms with E-state index in [-0.39, 0.29) is 24.3 Å². The third-order valence-corrected chi connectivity index (χ3v) is 5.04. The molecule has 0 aliphatic heterocycles. The Morgan fingerprint density at radius 3 is 2.59 bits per heavy atom. The Kier molecular flexibility index (Phi) is 5.80. The molecule has 0 fully saturated rings. The van der Waals surface area contributed by atoms with Gasteiger partial charge in [0.05, 0.1) is 13.7 Å². The zero-order chi connectivity index (χ0) is 22.7. The third-order valence-electron chi connectivity index (χ3n) is 5.04. The first-order chi connectivity index (χ1) is 15.5. The van der Waals surface area contributed by atoms with E-state index in [9.17, 15) is 14.4 Å². The molecule has 4 aromatic rings. The van der Waals surface area contributed by atoms with E-state index in [4.69, 9.17) is 4.74 Å². The molecule has 0 unspecified atom stereocenters. The van der Waals surface area contributed by atoms with Gasteiger partial charge in [-0.15, -0.1) is 0 Å². The average Bonchev–Trinajstić information content (AvgIpc) is 2.81. The van der Waals surface area contributed by atoms with Crippen LogP contribution in [0.5, 0.6) is 5.75 Å². The summed E-state index contributed by atoms with van der Waals surface area (Å²) in [6.07, 6.45) is 2.76. The second kappa shape index (κ2) is 8.84. The van der Waals surface area contributed by atoms with Gasteiger partial charge in [0.1, 0.15) is 12.3 Å². The number of aryl methyl sites for hydroxylation is 1. The summed E-state index contributed by atoms with van der Waals surface area (Å²) < 4.78 is 7.43. The number of fused-ring (bicyclic) bond motifs is 1. The first-order valence-electron chi connectivity index (χ1n) is 9.90. The predicted molar refractivity (Wildman–Crippen MR) is 120 cm³/mol. The molecule has 0 saturated carbocycles. The van der Waals surface area contributed by atoms with E-state index < -0.39 is 17.2 Å². The van der Waals surface area contributed by atoms with Crippen molar-refractivity contribution in [1.29, 1.82) is 0 Å². The topological polar surface area (TPSA) is 108 Å². The summed E-state index contributed by atoms with van der Waals surface area (Å²) in [5, 5.41) is 2.80. The molecule has 2 heterocycles. The van der Waals surface area contributed by atoms with E-state index >= 15 is 0 Å². The Bertz CT molecular complexity index is 1420. The lowest BCUT2D eigenvalue weighted by Gasteiger charge is -2.14. The van der Waals surface area contributed by atoms with E-state index in [0.717, 1.165) is 14.7 Å². The van der Waals surface area contributed by atoms with Crippen LogP contribution in [0.25, 0.3) is 11.2 Å². The number of anilines is 1. The predicted octanol–water partition coefficient (Wildman–Crippen LogP) is 1.96. The largest absolute Gasteiger partial charge is 0.497 e. The fourth-order valence-corrected chi connectivity index (χ4v) is 3.41. The number of amides is 1. The minimum absolute atomic E-state index is 0.000787. The summed E-state index contributed by atoms with van der Waals surface area (Å²) in [4.78, 5) is 47.3. The number of methoxy groups -OCH3 is 1. The van der Waals surface area contributed by atoms with Gasteiger partial charge in [-0.2, -0.15) is 0 Å². The Morgan fingerprint density at radius 2 is 1.81 bits per heavy atom. The van der Waals surface area contributed by atoms with Crippen molar-refractivity contribution in [3.63, 3.8) is 0 Å². The van der Waals surface area contributed by atoms with Gasteiger partial charge in [-0.3, -0.25) is 18.7 Å². The molecule has 0 radical (unpaired) electrons.